The number of amides is 3. The van der Waals surface area contributed by atoms with Crippen molar-refractivity contribution in [2.45, 2.75) is 20.4 Å². The van der Waals surface area contributed by atoms with Crippen molar-refractivity contribution in [3.8, 4) is 11.4 Å². The largest absolute Gasteiger partial charge is 0.325 e. The molecule has 0 aliphatic heterocycles. The SMILES string of the molecule is Cc1ccc(NC(=O)NC(=O)Cn2nnc(-c3ccc(F)cc3)n2)cc1C. The van der Waals surface area contributed by atoms with Gasteiger partial charge in [0.25, 0.3) is 5.91 Å². The summed E-state index contributed by atoms with van der Waals surface area (Å²) in [5.41, 5.74) is 3.28. The van der Waals surface area contributed by atoms with Crippen molar-refractivity contribution in [3.63, 3.8) is 0 Å². The van der Waals surface area contributed by atoms with E-state index in [-0.39, 0.29) is 18.2 Å². The molecule has 0 bridgehead atoms. The van der Waals surface area contributed by atoms with Crippen LogP contribution in [0.3, 0.4) is 0 Å². The first-order valence-corrected chi connectivity index (χ1v) is 8.12. The standard InChI is InChI=1S/C18H17FN6O2/c1-11-3-8-15(9-12(11)2)20-18(27)21-16(26)10-25-23-17(22-24-25)13-4-6-14(19)7-5-13/h3-9H,10H2,1-2H3,(H2,20,21,26,27). The molecule has 138 valence electrons. The molecule has 8 nitrogen and oxygen atoms in total. The van der Waals surface area contributed by atoms with Crippen LogP contribution in [0.1, 0.15) is 11.1 Å². The van der Waals surface area contributed by atoms with Gasteiger partial charge >= 0.3 is 6.03 Å². The van der Waals surface area contributed by atoms with E-state index < -0.39 is 11.9 Å². The Balaban J connectivity index is 1.56. The second-order valence-corrected chi connectivity index (χ2v) is 5.95. The number of carbonyl (C=O) groups is 2. The molecule has 0 unspecified atom stereocenters. The Bertz CT molecular complexity index is 984. The summed E-state index contributed by atoms with van der Waals surface area (Å²) in [5, 5.41) is 16.4. The van der Waals surface area contributed by atoms with Crippen LogP contribution in [0.15, 0.2) is 42.5 Å². The van der Waals surface area contributed by atoms with E-state index in [2.05, 4.69) is 26.0 Å². The average molecular weight is 368 g/mol. The molecule has 1 heterocycles. The molecule has 1 aromatic heterocycles. The van der Waals surface area contributed by atoms with Crippen LogP contribution < -0.4 is 10.6 Å². The van der Waals surface area contributed by atoms with E-state index in [9.17, 15) is 14.0 Å². The maximum atomic E-state index is 12.9. The van der Waals surface area contributed by atoms with Crippen LogP contribution in [0.5, 0.6) is 0 Å². The number of urea groups is 1. The van der Waals surface area contributed by atoms with Crippen molar-refractivity contribution in [1.29, 1.82) is 0 Å². The Morgan fingerprint density at radius 1 is 1.07 bits per heavy atom. The van der Waals surface area contributed by atoms with E-state index in [4.69, 9.17) is 0 Å². The Labute approximate surface area is 154 Å². The molecule has 3 amide bonds. The summed E-state index contributed by atoms with van der Waals surface area (Å²) in [5.74, 6) is -0.720. The van der Waals surface area contributed by atoms with Gasteiger partial charge in [0.1, 0.15) is 12.4 Å². The number of halogens is 1. The molecule has 9 heteroatoms. The van der Waals surface area contributed by atoms with Gasteiger partial charge in [0.2, 0.25) is 5.82 Å². The maximum Gasteiger partial charge on any atom is 0.325 e. The number of aromatic nitrogens is 4. The number of benzene rings is 2. The van der Waals surface area contributed by atoms with Crippen LogP contribution in [0.25, 0.3) is 11.4 Å². The van der Waals surface area contributed by atoms with Gasteiger partial charge in [-0.2, -0.15) is 4.80 Å². The lowest BCUT2D eigenvalue weighted by Gasteiger charge is -2.08. The van der Waals surface area contributed by atoms with Crippen LogP contribution in [0, 0.1) is 19.7 Å². The summed E-state index contributed by atoms with van der Waals surface area (Å²) in [6.45, 7) is 3.61. The van der Waals surface area contributed by atoms with E-state index in [0.717, 1.165) is 15.9 Å². The molecule has 0 fully saturated rings. The predicted molar refractivity (Wildman–Crippen MR) is 96.3 cm³/mol. The quantitative estimate of drug-likeness (QED) is 0.736. The van der Waals surface area contributed by atoms with Crippen LogP contribution >= 0.6 is 0 Å². The Hall–Kier alpha value is -3.62. The number of hydrogen-bond donors (Lipinski definition) is 2. The van der Waals surface area contributed by atoms with Gasteiger partial charge in [-0.1, -0.05) is 6.07 Å². The van der Waals surface area contributed by atoms with E-state index >= 15 is 0 Å². The third-order valence-electron chi connectivity index (χ3n) is 3.86. The fourth-order valence-electron chi connectivity index (χ4n) is 2.30. The third kappa shape index (κ3) is 4.72. The van der Waals surface area contributed by atoms with Crippen molar-refractivity contribution in [2.24, 2.45) is 0 Å². The molecule has 0 saturated heterocycles. The topological polar surface area (TPSA) is 102 Å². The van der Waals surface area contributed by atoms with Gasteiger partial charge < -0.3 is 5.32 Å². The Kier molecular flexibility index (Phi) is 5.20. The van der Waals surface area contributed by atoms with E-state index in [0.29, 0.717) is 11.3 Å². The van der Waals surface area contributed by atoms with Gasteiger partial charge in [-0.15, -0.1) is 10.2 Å². The van der Waals surface area contributed by atoms with Gasteiger partial charge in [-0.05, 0) is 66.6 Å². The normalized spacial score (nSPS) is 10.5. The molecule has 0 radical (unpaired) electrons. The number of imide groups is 1. The monoisotopic (exact) mass is 368 g/mol. The average Bonchev–Trinajstić information content (AvgIpc) is 3.07. The third-order valence-corrected chi connectivity index (χ3v) is 3.86. The lowest BCUT2D eigenvalue weighted by atomic mass is 10.1. The van der Waals surface area contributed by atoms with Crippen molar-refractivity contribution < 1.29 is 14.0 Å². The lowest BCUT2D eigenvalue weighted by molar-refractivity contribution is -0.120. The number of hydrogen-bond acceptors (Lipinski definition) is 5. The molecular formula is C18H17FN6O2. The number of aryl methyl sites for hydroxylation is 2. The fourth-order valence-corrected chi connectivity index (χ4v) is 2.30. The second kappa shape index (κ2) is 7.73. The molecule has 0 saturated carbocycles. The molecule has 27 heavy (non-hydrogen) atoms. The smallest absolute Gasteiger partial charge is 0.308 e. The second-order valence-electron chi connectivity index (χ2n) is 5.95. The highest BCUT2D eigenvalue weighted by atomic mass is 19.1. The number of anilines is 1. The number of nitrogens with zero attached hydrogens (tertiary/aromatic N) is 4. The minimum Gasteiger partial charge on any atom is -0.308 e. The minimum atomic E-state index is -0.651. The van der Waals surface area contributed by atoms with Crippen molar-refractivity contribution in [3.05, 3.63) is 59.4 Å². The number of tetrazole rings is 1. The van der Waals surface area contributed by atoms with Crippen molar-refractivity contribution >= 4 is 17.6 Å². The Morgan fingerprint density at radius 2 is 1.81 bits per heavy atom. The summed E-state index contributed by atoms with van der Waals surface area (Å²) in [4.78, 5) is 25.0. The fraction of sp³-hybridized carbons (Fsp3) is 0.167. The van der Waals surface area contributed by atoms with E-state index in [1.165, 1.54) is 24.3 Å². The highest BCUT2D eigenvalue weighted by Crippen LogP contribution is 2.14. The zero-order valence-corrected chi connectivity index (χ0v) is 14.7. The van der Waals surface area contributed by atoms with Gasteiger partial charge in [0.15, 0.2) is 0 Å². The molecule has 0 aliphatic rings. The first-order valence-electron chi connectivity index (χ1n) is 8.12. The summed E-state index contributed by atoms with van der Waals surface area (Å²) in [7, 11) is 0. The molecule has 0 atom stereocenters. The molecule has 0 spiro atoms. The zero-order chi connectivity index (χ0) is 19.4. The first kappa shape index (κ1) is 18.2. The summed E-state index contributed by atoms with van der Waals surface area (Å²) in [6, 6.07) is 10.4. The summed E-state index contributed by atoms with van der Waals surface area (Å²) >= 11 is 0. The molecule has 0 aliphatic carbocycles. The number of rotatable bonds is 4. The molecule has 2 aromatic carbocycles. The van der Waals surface area contributed by atoms with E-state index in [1.807, 2.05) is 26.0 Å². The van der Waals surface area contributed by atoms with Gasteiger partial charge in [0, 0.05) is 11.3 Å². The summed E-state index contributed by atoms with van der Waals surface area (Å²) < 4.78 is 12.9. The molecule has 3 rings (SSSR count). The lowest BCUT2D eigenvalue weighted by Crippen LogP contribution is -2.37. The van der Waals surface area contributed by atoms with Gasteiger partial charge in [0.05, 0.1) is 0 Å². The maximum absolute atomic E-state index is 12.9. The molecule has 2 N–H and O–H groups in total. The first-order chi connectivity index (χ1) is 12.9. The van der Waals surface area contributed by atoms with Crippen molar-refractivity contribution in [2.75, 3.05) is 5.32 Å². The van der Waals surface area contributed by atoms with Gasteiger partial charge in [-0.25, -0.2) is 9.18 Å². The van der Waals surface area contributed by atoms with Crippen LogP contribution in [-0.2, 0) is 11.3 Å². The predicted octanol–water partition coefficient (Wildman–Crippen LogP) is 2.44. The van der Waals surface area contributed by atoms with Crippen LogP contribution in [0.2, 0.25) is 0 Å². The molecular weight excluding hydrogens is 351 g/mol. The minimum absolute atomic E-state index is 0.252. The highest BCUT2D eigenvalue weighted by molar-refractivity contribution is 6.01. The van der Waals surface area contributed by atoms with Crippen LogP contribution in [-0.4, -0.2) is 32.1 Å². The van der Waals surface area contributed by atoms with Crippen LogP contribution in [0.4, 0.5) is 14.9 Å². The zero-order valence-electron chi connectivity index (χ0n) is 14.7. The van der Waals surface area contributed by atoms with Crippen molar-refractivity contribution in [1.82, 2.24) is 25.5 Å². The molecule has 3 aromatic rings. The van der Waals surface area contributed by atoms with Gasteiger partial charge in [-0.3, -0.25) is 10.1 Å². The Morgan fingerprint density at radius 3 is 2.52 bits per heavy atom. The number of nitrogens with one attached hydrogen (secondary N) is 2. The number of carbonyl (C=O) groups excluding carboxylic acids is 2. The van der Waals surface area contributed by atoms with E-state index in [1.54, 1.807) is 6.07 Å². The highest BCUT2D eigenvalue weighted by Gasteiger charge is 2.12. The summed E-state index contributed by atoms with van der Waals surface area (Å²) in [6.07, 6.45) is 0.